The Morgan fingerprint density at radius 3 is 2.52 bits per heavy atom. The number of nitrogens with one attached hydrogen (secondary N) is 2. The summed E-state index contributed by atoms with van der Waals surface area (Å²) in [5, 5.41) is 6.24. The number of piperidine rings is 1. The minimum absolute atomic E-state index is 0.251. The van der Waals surface area contributed by atoms with Crippen molar-refractivity contribution < 1.29 is 9.53 Å². The normalized spacial score (nSPS) is 19.3. The lowest BCUT2D eigenvalue weighted by molar-refractivity contribution is 0.0523. The van der Waals surface area contributed by atoms with Crippen LogP contribution >= 0.6 is 0 Å². The van der Waals surface area contributed by atoms with E-state index in [-0.39, 0.29) is 12.1 Å². The molecule has 2 N–H and O–H groups in total. The molecule has 1 saturated heterocycles. The summed E-state index contributed by atoms with van der Waals surface area (Å²) in [5.74, 6) is 0.881. The van der Waals surface area contributed by atoms with E-state index >= 15 is 0 Å². The maximum atomic E-state index is 11.5. The first-order valence-corrected chi connectivity index (χ1v) is 8.19. The highest BCUT2D eigenvalue weighted by molar-refractivity contribution is 5.67. The lowest BCUT2D eigenvalue weighted by Gasteiger charge is -2.30. The molecule has 1 amide bonds. The molecule has 21 heavy (non-hydrogen) atoms. The Morgan fingerprint density at radius 1 is 1.33 bits per heavy atom. The van der Waals surface area contributed by atoms with E-state index in [9.17, 15) is 4.79 Å². The smallest absolute Gasteiger partial charge is 0.407 e. The average molecular weight is 299 g/mol. The average Bonchev–Trinajstić information content (AvgIpc) is 2.37. The first kappa shape index (κ1) is 18.2. The van der Waals surface area contributed by atoms with Crippen LogP contribution in [-0.2, 0) is 4.74 Å². The molecule has 0 aromatic carbocycles. The Balaban J connectivity index is 2.06. The Bertz CT molecular complexity index is 307. The van der Waals surface area contributed by atoms with Crippen molar-refractivity contribution in [2.75, 3.05) is 32.7 Å². The molecule has 5 nitrogen and oxygen atoms in total. The standard InChI is InChI=1S/C16H33N3O2/c1-13-6-9-19(10-7-13)11-8-17-14(2)12-18-15(20)21-16(3,4)5/h13-14,17H,6-12H2,1-5H3,(H,18,20). The molecule has 124 valence electrons. The molecule has 1 fully saturated rings. The second-order valence-electron chi connectivity index (χ2n) is 7.26. The van der Waals surface area contributed by atoms with Crippen LogP contribution in [0.5, 0.6) is 0 Å². The lowest BCUT2D eigenvalue weighted by Crippen LogP contribution is -2.44. The molecule has 1 heterocycles. The molecule has 1 aliphatic heterocycles. The Morgan fingerprint density at radius 2 is 1.95 bits per heavy atom. The van der Waals surface area contributed by atoms with Crippen LogP contribution in [0.4, 0.5) is 4.79 Å². The van der Waals surface area contributed by atoms with Gasteiger partial charge in [0.2, 0.25) is 0 Å². The van der Waals surface area contributed by atoms with Crippen LogP contribution in [0.1, 0.15) is 47.5 Å². The van der Waals surface area contributed by atoms with E-state index in [4.69, 9.17) is 4.74 Å². The van der Waals surface area contributed by atoms with E-state index in [1.54, 1.807) is 0 Å². The molecule has 0 bridgehead atoms. The number of ether oxygens (including phenoxy) is 1. The van der Waals surface area contributed by atoms with Crippen molar-refractivity contribution in [3.8, 4) is 0 Å². The summed E-state index contributed by atoms with van der Waals surface area (Å²) in [7, 11) is 0. The second-order valence-corrected chi connectivity index (χ2v) is 7.26. The number of rotatable bonds is 6. The summed E-state index contributed by atoms with van der Waals surface area (Å²) in [6.07, 6.45) is 2.28. The van der Waals surface area contributed by atoms with Gasteiger partial charge in [-0.15, -0.1) is 0 Å². The van der Waals surface area contributed by atoms with Crippen molar-refractivity contribution in [2.24, 2.45) is 5.92 Å². The summed E-state index contributed by atoms with van der Waals surface area (Å²) in [6, 6.07) is 0.251. The molecule has 1 atom stereocenters. The van der Waals surface area contributed by atoms with Gasteiger partial charge in [-0.1, -0.05) is 6.92 Å². The van der Waals surface area contributed by atoms with E-state index in [0.717, 1.165) is 19.0 Å². The topological polar surface area (TPSA) is 53.6 Å². The van der Waals surface area contributed by atoms with E-state index in [1.165, 1.54) is 25.9 Å². The maximum Gasteiger partial charge on any atom is 0.407 e. The van der Waals surface area contributed by atoms with Crippen molar-refractivity contribution in [3.63, 3.8) is 0 Å². The fraction of sp³-hybridized carbons (Fsp3) is 0.938. The quantitative estimate of drug-likeness (QED) is 0.789. The highest BCUT2D eigenvalue weighted by Crippen LogP contribution is 2.15. The van der Waals surface area contributed by atoms with Crippen LogP contribution in [-0.4, -0.2) is 55.4 Å². The Labute approximate surface area is 129 Å². The first-order chi connectivity index (χ1) is 9.76. The summed E-state index contributed by atoms with van der Waals surface area (Å²) >= 11 is 0. The van der Waals surface area contributed by atoms with Gasteiger partial charge in [-0.05, 0) is 59.5 Å². The zero-order valence-corrected chi connectivity index (χ0v) is 14.4. The number of carbonyl (C=O) groups excluding carboxylic acids is 1. The van der Waals surface area contributed by atoms with Gasteiger partial charge in [-0.25, -0.2) is 4.79 Å². The minimum atomic E-state index is -0.438. The molecule has 1 unspecified atom stereocenters. The van der Waals surface area contributed by atoms with Gasteiger partial charge in [0.25, 0.3) is 0 Å². The number of carbonyl (C=O) groups is 1. The zero-order valence-electron chi connectivity index (χ0n) is 14.4. The van der Waals surface area contributed by atoms with Crippen LogP contribution in [0.25, 0.3) is 0 Å². The SMILES string of the molecule is CC1CCN(CCNC(C)CNC(=O)OC(C)(C)C)CC1. The van der Waals surface area contributed by atoms with Crippen LogP contribution in [0.3, 0.4) is 0 Å². The van der Waals surface area contributed by atoms with E-state index in [2.05, 4.69) is 29.4 Å². The molecule has 0 aromatic rings. The summed E-state index contributed by atoms with van der Waals surface area (Å²) in [6.45, 7) is 15.1. The zero-order chi connectivity index (χ0) is 15.9. The van der Waals surface area contributed by atoms with Crippen LogP contribution in [0, 0.1) is 5.92 Å². The number of amides is 1. The molecule has 0 spiro atoms. The predicted molar refractivity (Wildman–Crippen MR) is 86.5 cm³/mol. The van der Waals surface area contributed by atoms with E-state index in [1.807, 2.05) is 20.8 Å². The summed E-state index contributed by atoms with van der Waals surface area (Å²) in [4.78, 5) is 14.1. The third-order valence-corrected chi connectivity index (χ3v) is 3.75. The van der Waals surface area contributed by atoms with Crippen molar-refractivity contribution in [2.45, 2.75) is 59.1 Å². The highest BCUT2D eigenvalue weighted by Gasteiger charge is 2.17. The number of nitrogens with zero attached hydrogens (tertiary/aromatic N) is 1. The fourth-order valence-corrected chi connectivity index (χ4v) is 2.38. The third kappa shape index (κ3) is 8.94. The lowest BCUT2D eigenvalue weighted by atomic mass is 9.99. The number of hydrogen-bond acceptors (Lipinski definition) is 4. The first-order valence-electron chi connectivity index (χ1n) is 8.19. The van der Waals surface area contributed by atoms with Crippen molar-refractivity contribution in [3.05, 3.63) is 0 Å². The molecule has 0 radical (unpaired) electrons. The summed E-state index contributed by atoms with van der Waals surface area (Å²) in [5.41, 5.74) is -0.438. The molecule has 0 aliphatic carbocycles. The van der Waals surface area contributed by atoms with Crippen molar-refractivity contribution >= 4 is 6.09 Å². The number of likely N-dealkylation sites (tertiary alicyclic amines) is 1. The molecule has 5 heteroatoms. The number of hydrogen-bond donors (Lipinski definition) is 2. The molecule has 1 rings (SSSR count). The highest BCUT2D eigenvalue weighted by atomic mass is 16.6. The van der Waals surface area contributed by atoms with Gasteiger partial charge in [0.15, 0.2) is 0 Å². The monoisotopic (exact) mass is 299 g/mol. The van der Waals surface area contributed by atoms with Crippen molar-refractivity contribution in [1.29, 1.82) is 0 Å². The Kier molecular flexibility index (Phi) is 7.46. The molecule has 1 aliphatic rings. The minimum Gasteiger partial charge on any atom is -0.444 e. The molecular formula is C16H33N3O2. The van der Waals surface area contributed by atoms with Gasteiger partial charge in [0.1, 0.15) is 5.60 Å². The van der Waals surface area contributed by atoms with Gasteiger partial charge in [-0.3, -0.25) is 0 Å². The largest absolute Gasteiger partial charge is 0.444 e. The number of alkyl carbamates (subject to hydrolysis) is 1. The van der Waals surface area contributed by atoms with Crippen LogP contribution in [0.15, 0.2) is 0 Å². The van der Waals surface area contributed by atoms with Gasteiger partial charge in [-0.2, -0.15) is 0 Å². The summed E-state index contributed by atoms with van der Waals surface area (Å²) < 4.78 is 5.21. The van der Waals surface area contributed by atoms with Gasteiger partial charge >= 0.3 is 6.09 Å². The maximum absolute atomic E-state index is 11.5. The molecule has 0 aromatic heterocycles. The van der Waals surface area contributed by atoms with E-state index < -0.39 is 5.60 Å². The van der Waals surface area contributed by atoms with Gasteiger partial charge in [0.05, 0.1) is 0 Å². The molecular weight excluding hydrogens is 266 g/mol. The van der Waals surface area contributed by atoms with E-state index in [0.29, 0.717) is 6.54 Å². The second kappa shape index (κ2) is 8.59. The third-order valence-electron chi connectivity index (χ3n) is 3.75. The Hall–Kier alpha value is -0.810. The van der Waals surface area contributed by atoms with Crippen LogP contribution in [0.2, 0.25) is 0 Å². The predicted octanol–water partition coefficient (Wildman–Crippen LogP) is 2.22. The fourth-order valence-electron chi connectivity index (χ4n) is 2.38. The van der Waals surface area contributed by atoms with Crippen molar-refractivity contribution in [1.82, 2.24) is 15.5 Å². The van der Waals surface area contributed by atoms with Gasteiger partial charge < -0.3 is 20.3 Å². The van der Waals surface area contributed by atoms with Crippen LogP contribution < -0.4 is 10.6 Å². The molecule has 0 saturated carbocycles. The van der Waals surface area contributed by atoms with Gasteiger partial charge in [0, 0.05) is 25.7 Å².